The average Bonchev–Trinajstić information content (AvgIpc) is 2.23. The molecule has 0 radical (unpaired) electrons. The maximum absolute atomic E-state index is 5.41. The predicted molar refractivity (Wildman–Crippen MR) is 57.5 cm³/mol. The van der Waals surface area contributed by atoms with Gasteiger partial charge in [-0.25, -0.2) is 0 Å². The summed E-state index contributed by atoms with van der Waals surface area (Å²) in [6.07, 6.45) is 2.44. The van der Waals surface area contributed by atoms with E-state index < -0.39 is 0 Å². The largest absolute Gasteiger partial charge is 0.381 e. The van der Waals surface area contributed by atoms with E-state index in [1.54, 1.807) is 0 Å². The number of hydrogen-bond acceptors (Lipinski definition) is 3. The van der Waals surface area contributed by atoms with Crippen molar-refractivity contribution >= 4 is 0 Å². The van der Waals surface area contributed by atoms with Crippen LogP contribution in [-0.2, 0) is 4.74 Å². The monoisotopic (exact) mass is 198 g/mol. The summed E-state index contributed by atoms with van der Waals surface area (Å²) < 4.78 is 5.41. The first-order valence-electron chi connectivity index (χ1n) is 5.84. The van der Waals surface area contributed by atoms with Crippen molar-refractivity contribution in [2.75, 3.05) is 26.3 Å². The lowest BCUT2D eigenvalue weighted by Gasteiger charge is -2.43. The SMILES string of the molecule is C[C@@H]1CN[C@@H](C)CN1C1CCOCC1. The first-order valence-corrected chi connectivity index (χ1v) is 5.84. The number of piperazine rings is 1. The molecule has 14 heavy (non-hydrogen) atoms. The van der Waals surface area contributed by atoms with E-state index in [0.29, 0.717) is 12.1 Å². The molecule has 2 rings (SSSR count). The number of nitrogens with zero attached hydrogens (tertiary/aromatic N) is 1. The van der Waals surface area contributed by atoms with Gasteiger partial charge in [0.2, 0.25) is 0 Å². The molecule has 2 fully saturated rings. The fraction of sp³-hybridized carbons (Fsp3) is 1.00. The van der Waals surface area contributed by atoms with Crippen LogP contribution < -0.4 is 5.32 Å². The van der Waals surface area contributed by atoms with Crippen LogP contribution >= 0.6 is 0 Å². The van der Waals surface area contributed by atoms with Crippen LogP contribution in [0, 0.1) is 0 Å². The lowest BCUT2D eigenvalue weighted by molar-refractivity contribution is 0.00595. The van der Waals surface area contributed by atoms with Gasteiger partial charge in [0.05, 0.1) is 0 Å². The maximum atomic E-state index is 5.41. The van der Waals surface area contributed by atoms with Gasteiger partial charge in [-0.1, -0.05) is 0 Å². The van der Waals surface area contributed by atoms with Gasteiger partial charge in [-0.2, -0.15) is 0 Å². The molecule has 2 aliphatic heterocycles. The zero-order chi connectivity index (χ0) is 9.97. The third-order valence-electron chi connectivity index (χ3n) is 3.47. The highest BCUT2D eigenvalue weighted by Crippen LogP contribution is 2.19. The predicted octanol–water partition coefficient (Wildman–Crippen LogP) is 0.848. The molecule has 0 saturated carbocycles. The fourth-order valence-corrected chi connectivity index (χ4v) is 2.58. The Hall–Kier alpha value is -0.120. The molecule has 0 amide bonds. The third kappa shape index (κ3) is 2.27. The Kier molecular flexibility index (Phi) is 3.42. The molecule has 0 bridgehead atoms. The van der Waals surface area contributed by atoms with Crippen LogP contribution in [0.1, 0.15) is 26.7 Å². The van der Waals surface area contributed by atoms with Crippen molar-refractivity contribution in [3.05, 3.63) is 0 Å². The summed E-state index contributed by atoms with van der Waals surface area (Å²) in [5, 5.41) is 3.53. The first-order chi connectivity index (χ1) is 6.77. The number of ether oxygens (including phenoxy) is 1. The highest BCUT2D eigenvalue weighted by molar-refractivity contribution is 4.86. The van der Waals surface area contributed by atoms with E-state index in [0.717, 1.165) is 25.8 Å². The van der Waals surface area contributed by atoms with Gasteiger partial charge in [0.15, 0.2) is 0 Å². The van der Waals surface area contributed by atoms with Crippen LogP contribution in [0.3, 0.4) is 0 Å². The number of hydrogen-bond donors (Lipinski definition) is 1. The molecular weight excluding hydrogens is 176 g/mol. The van der Waals surface area contributed by atoms with E-state index in [4.69, 9.17) is 4.74 Å². The van der Waals surface area contributed by atoms with E-state index in [1.165, 1.54) is 19.4 Å². The second kappa shape index (κ2) is 4.60. The molecule has 0 spiro atoms. The lowest BCUT2D eigenvalue weighted by Crippen LogP contribution is -2.58. The minimum absolute atomic E-state index is 0.647. The van der Waals surface area contributed by atoms with Gasteiger partial charge in [-0.3, -0.25) is 4.90 Å². The quantitative estimate of drug-likeness (QED) is 0.676. The van der Waals surface area contributed by atoms with Gasteiger partial charge in [0.25, 0.3) is 0 Å². The number of rotatable bonds is 1. The summed E-state index contributed by atoms with van der Waals surface area (Å²) in [6, 6.07) is 2.10. The molecule has 82 valence electrons. The maximum Gasteiger partial charge on any atom is 0.0480 e. The highest BCUT2D eigenvalue weighted by atomic mass is 16.5. The van der Waals surface area contributed by atoms with E-state index in [9.17, 15) is 0 Å². The summed E-state index contributed by atoms with van der Waals surface area (Å²) in [4.78, 5) is 2.67. The van der Waals surface area contributed by atoms with Crippen molar-refractivity contribution in [2.24, 2.45) is 0 Å². The summed E-state index contributed by atoms with van der Waals surface area (Å²) in [5.74, 6) is 0. The standard InChI is InChI=1S/C11H22N2O/c1-9-8-13(10(2)7-12-9)11-3-5-14-6-4-11/h9-12H,3-8H2,1-2H3/t9-,10+/m0/s1. The van der Waals surface area contributed by atoms with E-state index in [-0.39, 0.29) is 0 Å². The van der Waals surface area contributed by atoms with Gasteiger partial charge in [-0.15, -0.1) is 0 Å². The van der Waals surface area contributed by atoms with Crippen LogP contribution in [-0.4, -0.2) is 49.3 Å². The van der Waals surface area contributed by atoms with Crippen molar-refractivity contribution in [3.63, 3.8) is 0 Å². The lowest BCUT2D eigenvalue weighted by atomic mass is 10.0. The van der Waals surface area contributed by atoms with Crippen LogP contribution in [0.5, 0.6) is 0 Å². The van der Waals surface area contributed by atoms with Crippen molar-refractivity contribution < 1.29 is 4.74 Å². The van der Waals surface area contributed by atoms with Gasteiger partial charge in [-0.05, 0) is 26.7 Å². The zero-order valence-corrected chi connectivity index (χ0v) is 9.33. The van der Waals surface area contributed by atoms with E-state index in [2.05, 4.69) is 24.1 Å². The Morgan fingerprint density at radius 1 is 1.21 bits per heavy atom. The topological polar surface area (TPSA) is 24.5 Å². The van der Waals surface area contributed by atoms with E-state index >= 15 is 0 Å². The Morgan fingerprint density at radius 3 is 2.64 bits per heavy atom. The van der Waals surface area contributed by atoms with Crippen molar-refractivity contribution in [3.8, 4) is 0 Å². The van der Waals surface area contributed by atoms with Gasteiger partial charge < -0.3 is 10.1 Å². The van der Waals surface area contributed by atoms with Crippen LogP contribution in [0.15, 0.2) is 0 Å². The van der Waals surface area contributed by atoms with Crippen LogP contribution in [0.25, 0.3) is 0 Å². The fourth-order valence-electron chi connectivity index (χ4n) is 2.58. The summed E-state index contributed by atoms with van der Waals surface area (Å²) >= 11 is 0. The summed E-state index contributed by atoms with van der Waals surface area (Å²) in [5.41, 5.74) is 0. The number of nitrogens with one attached hydrogen (secondary N) is 1. The van der Waals surface area contributed by atoms with Gasteiger partial charge >= 0.3 is 0 Å². The van der Waals surface area contributed by atoms with Crippen LogP contribution in [0.2, 0.25) is 0 Å². The van der Waals surface area contributed by atoms with Gasteiger partial charge in [0.1, 0.15) is 0 Å². The smallest absolute Gasteiger partial charge is 0.0480 e. The summed E-state index contributed by atoms with van der Waals surface area (Å²) in [7, 11) is 0. The second-order valence-electron chi connectivity index (χ2n) is 4.70. The van der Waals surface area contributed by atoms with Gasteiger partial charge in [0, 0.05) is 44.4 Å². The highest BCUT2D eigenvalue weighted by Gasteiger charge is 2.29. The molecule has 3 nitrogen and oxygen atoms in total. The second-order valence-corrected chi connectivity index (χ2v) is 4.70. The Balaban J connectivity index is 1.92. The molecule has 2 aliphatic rings. The Bertz CT molecular complexity index is 180. The van der Waals surface area contributed by atoms with E-state index in [1.807, 2.05) is 0 Å². The molecule has 0 aromatic heterocycles. The molecule has 2 heterocycles. The first kappa shape index (κ1) is 10.4. The Labute approximate surface area is 86.8 Å². The average molecular weight is 198 g/mol. The molecule has 0 aromatic rings. The molecule has 0 aliphatic carbocycles. The van der Waals surface area contributed by atoms with Crippen LogP contribution in [0.4, 0.5) is 0 Å². The molecule has 3 heteroatoms. The van der Waals surface area contributed by atoms with Crippen molar-refractivity contribution in [1.82, 2.24) is 10.2 Å². The molecular formula is C11H22N2O. The molecule has 2 atom stereocenters. The minimum Gasteiger partial charge on any atom is -0.381 e. The zero-order valence-electron chi connectivity index (χ0n) is 9.33. The minimum atomic E-state index is 0.647. The molecule has 0 aromatic carbocycles. The molecule has 1 N–H and O–H groups in total. The van der Waals surface area contributed by atoms with Crippen molar-refractivity contribution in [2.45, 2.75) is 44.8 Å². The molecule has 0 unspecified atom stereocenters. The summed E-state index contributed by atoms with van der Waals surface area (Å²) in [6.45, 7) is 8.85. The third-order valence-corrected chi connectivity index (χ3v) is 3.47. The molecule has 2 saturated heterocycles. The van der Waals surface area contributed by atoms with Crippen molar-refractivity contribution in [1.29, 1.82) is 0 Å². The normalized spacial score (nSPS) is 37.3. The Morgan fingerprint density at radius 2 is 1.93 bits per heavy atom.